The van der Waals surface area contributed by atoms with Gasteiger partial charge in [0.25, 0.3) is 0 Å². The van der Waals surface area contributed by atoms with E-state index in [2.05, 4.69) is 117 Å². The third kappa shape index (κ3) is 44.7. The second-order valence-corrected chi connectivity index (χ2v) is 18.5. The molecule has 9 heterocycles. The quantitative estimate of drug-likeness (QED) is 0.134. The minimum atomic E-state index is 0. The van der Waals surface area contributed by atoms with Crippen molar-refractivity contribution in [1.82, 2.24) is 54.8 Å². The van der Waals surface area contributed by atoms with Gasteiger partial charge in [0.05, 0.1) is 0 Å². The molecule has 0 bridgehead atoms. The summed E-state index contributed by atoms with van der Waals surface area (Å²) in [4.78, 5) is 44.8. The van der Waals surface area contributed by atoms with Crippen molar-refractivity contribution in [2.75, 3.05) is 0 Å². The van der Waals surface area contributed by atoms with Crippen LogP contribution >= 0.6 is 0 Å². The van der Waals surface area contributed by atoms with Crippen LogP contribution in [0.4, 0.5) is 0 Å². The average Bonchev–Trinajstić information content (AvgIpc) is 3.66. The molecule has 0 saturated carbocycles. The fourth-order valence-electron chi connectivity index (χ4n) is 6.21. The van der Waals surface area contributed by atoms with Crippen LogP contribution in [0.2, 0.25) is 0 Å². The Labute approximate surface area is 692 Å². The van der Waals surface area contributed by atoms with Crippen LogP contribution in [0.25, 0.3) is 65.8 Å². The van der Waals surface area contributed by atoms with Gasteiger partial charge in [-0.2, -0.15) is 126 Å². The van der Waals surface area contributed by atoms with Crippen molar-refractivity contribution in [3.8, 4) is 0 Å². The van der Waals surface area contributed by atoms with Gasteiger partial charge >= 0.3 is 0 Å². The first-order valence-electron chi connectivity index (χ1n) is 27.8. The van der Waals surface area contributed by atoms with E-state index in [1.807, 2.05) is 260 Å². The summed E-state index contributed by atoms with van der Waals surface area (Å²) in [5.74, 6) is 0. The Hall–Kier alpha value is -1.95. The first-order chi connectivity index (χ1) is 40.6. The normalized spacial score (nSPS) is 8.73. The molecule has 3 aromatic carbocycles. The number of hydrogen-bond acceptors (Lipinski definition) is 11. The maximum Gasteiger partial charge on any atom is 0.0453 e. The fraction of sp³-hybridized carbons (Fsp3) is 0.247. The van der Waals surface area contributed by atoms with Gasteiger partial charge in [-0.05, 0) is 87.0 Å². The molecular weight excluding hydrogens is 1560 g/mol. The van der Waals surface area contributed by atoms with Crippen LogP contribution in [0, 0.1) is 117 Å². The van der Waals surface area contributed by atoms with E-state index in [0.717, 1.165) is 77.4 Å². The van der Waals surface area contributed by atoms with Crippen molar-refractivity contribution in [1.29, 1.82) is 0 Å². The molecule has 0 aliphatic carbocycles. The molecule has 11 nitrogen and oxygen atoms in total. The number of hydrogen-bond donors (Lipinski definition) is 0. The summed E-state index contributed by atoms with van der Waals surface area (Å²) in [7, 11) is 0. The van der Waals surface area contributed by atoms with E-state index < -0.39 is 0 Å². The van der Waals surface area contributed by atoms with Crippen LogP contribution in [0.1, 0.15) is 117 Å². The Morgan fingerprint density at radius 1 is 0.289 bits per heavy atom. The van der Waals surface area contributed by atoms with Crippen molar-refractivity contribution in [2.45, 2.75) is 125 Å². The van der Waals surface area contributed by atoms with Gasteiger partial charge in [0.1, 0.15) is 0 Å². The zero-order chi connectivity index (χ0) is 62.3. The summed E-state index contributed by atoms with van der Waals surface area (Å²) >= 11 is 0. The van der Waals surface area contributed by atoms with Crippen LogP contribution < -0.4 is 0 Å². The van der Waals surface area contributed by atoms with Crippen molar-refractivity contribution in [2.24, 2.45) is 0 Å². The summed E-state index contributed by atoms with van der Waals surface area (Å²) in [5, 5.41) is 4.37. The Morgan fingerprint density at radius 2 is 0.678 bits per heavy atom. The summed E-state index contributed by atoms with van der Waals surface area (Å²) in [5.41, 5.74) is 14.1. The van der Waals surface area contributed by atoms with Crippen molar-refractivity contribution in [3.05, 3.63) is 262 Å². The second-order valence-electron chi connectivity index (χ2n) is 18.5. The molecule has 0 fully saturated rings. The second kappa shape index (κ2) is 64.4. The predicted molar refractivity (Wildman–Crippen MR) is 355 cm³/mol. The van der Waals surface area contributed by atoms with E-state index in [0.29, 0.717) is 0 Å². The minimum absolute atomic E-state index is 0. The van der Waals surface area contributed by atoms with E-state index in [1.54, 1.807) is 30.6 Å². The van der Waals surface area contributed by atoms with Crippen LogP contribution in [0.5, 0.6) is 0 Å². The average molecular weight is 1650 g/mol. The molecule has 0 spiro atoms. The molecule has 0 aliphatic rings. The first kappa shape index (κ1) is 99.1. The van der Waals surface area contributed by atoms with E-state index in [-0.39, 0.29) is 196 Å². The number of benzene rings is 3. The van der Waals surface area contributed by atoms with Gasteiger partial charge in [-0.25, -0.2) is 0 Å². The zero-order valence-corrected chi connectivity index (χ0v) is 73.3. The van der Waals surface area contributed by atoms with Gasteiger partial charge in [-0.3, -0.25) is 19.9 Å². The Kier molecular flexibility index (Phi) is 70.9. The fourth-order valence-corrected chi connectivity index (χ4v) is 6.21. The van der Waals surface area contributed by atoms with E-state index in [1.165, 1.54) is 22.1 Å². The smallest absolute Gasteiger partial charge is 0.0453 e. The molecular formula is C73H85N11Y6-12. The number of nitrogens with zero attached hydrogens (tertiary/aromatic N) is 11. The third-order valence-electron chi connectivity index (χ3n) is 9.56. The Bertz CT molecular complexity index is 3020. The molecule has 0 saturated heterocycles. The molecule has 0 atom stereocenters. The number of aromatic nitrogens is 11. The van der Waals surface area contributed by atoms with Gasteiger partial charge in [0, 0.05) is 238 Å². The van der Waals surface area contributed by atoms with Gasteiger partial charge in [-0.15, -0.1) is 23.7 Å². The van der Waals surface area contributed by atoms with E-state index in [4.69, 9.17) is 0 Å². The number of aryl methyl sites for hydroxylation is 6. The summed E-state index contributed by atoms with van der Waals surface area (Å²) in [6.45, 7) is 36.0. The number of fused-ring (bicyclic) bond motifs is 6. The van der Waals surface area contributed by atoms with Gasteiger partial charge in [0.15, 0.2) is 0 Å². The molecule has 462 valence electrons. The summed E-state index contributed by atoms with van der Waals surface area (Å²) in [6, 6.07) is 41.2. The van der Waals surface area contributed by atoms with Gasteiger partial charge in [0.2, 0.25) is 0 Å². The Morgan fingerprint density at radius 3 is 1.23 bits per heavy atom. The van der Waals surface area contributed by atoms with Crippen LogP contribution in [0.3, 0.4) is 0 Å². The zero-order valence-electron chi connectivity index (χ0n) is 56.3. The molecule has 90 heavy (non-hydrogen) atoms. The molecule has 12 rings (SSSR count). The number of rotatable bonds is 0. The Balaban J connectivity index is -0.000000220. The molecule has 17 heteroatoms. The van der Waals surface area contributed by atoms with E-state index in [9.17, 15) is 0 Å². The molecule has 12 aromatic rings. The molecule has 0 aliphatic heterocycles. The van der Waals surface area contributed by atoms with E-state index >= 15 is 0 Å². The van der Waals surface area contributed by atoms with Gasteiger partial charge in [-0.1, -0.05) is 136 Å². The largest absolute Gasteiger partial charge is 0.448 e. The van der Waals surface area contributed by atoms with Crippen molar-refractivity contribution in [3.63, 3.8) is 0 Å². The topological polar surface area (TPSA) is 142 Å². The van der Waals surface area contributed by atoms with Crippen molar-refractivity contribution < 1.29 is 196 Å². The number of pyridine rings is 7. The molecule has 0 N–H and O–H groups in total. The van der Waals surface area contributed by atoms with Crippen LogP contribution in [0.15, 0.2) is 152 Å². The summed E-state index contributed by atoms with van der Waals surface area (Å²) in [6.07, 6.45) is 35.4. The molecule has 0 unspecified atom stereocenters. The molecule has 0 amide bonds. The first-order valence-corrected chi connectivity index (χ1v) is 27.8. The van der Waals surface area contributed by atoms with Crippen LogP contribution in [-0.2, 0) is 196 Å². The molecule has 9 aromatic heterocycles. The monoisotopic (exact) mass is 1650 g/mol. The maximum atomic E-state index is 4.23. The molecule has 6 radical (unpaired) electrons. The summed E-state index contributed by atoms with van der Waals surface area (Å²) < 4.78 is 0. The van der Waals surface area contributed by atoms with Crippen molar-refractivity contribution >= 4 is 65.8 Å². The van der Waals surface area contributed by atoms with Crippen LogP contribution in [-0.4, -0.2) is 54.8 Å². The maximum absolute atomic E-state index is 4.23. The standard InChI is InChI=1S/C10H8N.5C9H7N2.6C3H7.6Y/c1-8-4-5-9-3-2-6-11-10(9)7-8;1-7-2-3-8-5-10-6-11-9(8)4-7;1-7-2-3-8-9(6-7)11-5-4-10-8;1-7-4-5-8-3-2-6-10-9(8)11-7;1-7-5-9-8(6-11-7)3-2-4-10-9;1-7-5-9-8(11-6-7)3-2-4-10-9;6*1-3-2;;;;;;/h2-5,7H,1H3;2-5H,1H3;2-4,6H,1H3;2-5H,1H3;2*2-3,5-6H,1H3;6*3H,1-2H3;;;;;;/q12*-1;;;;;;. The van der Waals surface area contributed by atoms with Gasteiger partial charge < -0.3 is 73.4 Å². The minimum Gasteiger partial charge on any atom is -0.448 e. The third-order valence-corrected chi connectivity index (χ3v) is 9.56. The SMILES string of the molecule is C[CH-]C.C[CH-]C.C[CH-]C.C[CH-]C.C[CH-]C.C[CH-]C.Cc1cc2n[c-]ccc2cn1.Cc1ccc2cc[c-]nc2c1.Cc1ccc2cc[c-]nc2n1.Cc1ccc2cn[c-]nc2c1.Cc1ccc2nc[c-]nc2c1.Cc1cnc2cc[c-]nc2c1.[Y].[Y].[Y].[Y].[Y].[Y]. The predicted octanol–water partition coefficient (Wildman–Crippen LogP) is 18.4.